The van der Waals surface area contributed by atoms with Crippen molar-refractivity contribution in [3.63, 3.8) is 0 Å². The van der Waals surface area contributed by atoms with Gasteiger partial charge in [-0.25, -0.2) is 0 Å². The number of unbranched alkanes of at least 4 members (excludes halogenated alkanes) is 12. The summed E-state index contributed by atoms with van der Waals surface area (Å²) in [6.45, 7) is 7.18. The molecule has 0 aliphatic heterocycles. The van der Waals surface area contributed by atoms with Crippen LogP contribution in [0.15, 0.2) is 12.2 Å². The van der Waals surface area contributed by atoms with Crippen LogP contribution in [0.1, 0.15) is 104 Å². The Bertz CT molecular complexity index is 261. The van der Waals surface area contributed by atoms with E-state index in [1.807, 2.05) is 0 Å². The summed E-state index contributed by atoms with van der Waals surface area (Å²) in [5.74, 6) is 0. The van der Waals surface area contributed by atoms with Crippen molar-refractivity contribution in [1.29, 1.82) is 0 Å². The number of halogens is 1. The van der Waals surface area contributed by atoms with Crippen LogP contribution < -0.4 is 17.0 Å². The highest BCUT2D eigenvalue weighted by atomic mass is 79.9. The molecular formula is C22H46BrN. The topological polar surface area (TPSA) is 0 Å². The normalized spacial score (nSPS) is 11.8. The quantitative estimate of drug-likeness (QED) is 0.194. The van der Waals surface area contributed by atoms with Crippen molar-refractivity contribution in [2.75, 3.05) is 27.2 Å². The molecule has 0 aromatic rings. The van der Waals surface area contributed by atoms with Crippen LogP contribution in [0.2, 0.25) is 0 Å². The maximum Gasteiger partial charge on any atom is 0.0782 e. The Morgan fingerprint density at radius 2 is 1.00 bits per heavy atom. The van der Waals surface area contributed by atoms with Crippen molar-refractivity contribution in [3.05, 3.63) is 12.2 Å². The molecule has 0 heterocycles. The van der Waals surface area contributed by atoms with Crippen LogP contribution in [0.3, 0.4) is 0 Å². The molecule has 0 atom stereocenters. The van der Waals surface area contributed by atoms with E-state index < -0.39 is 0 Å². The standard InChI is InChI=1S/C22H46N.BrH/c1-5-7-8-9-10-11-12-13-14-15-16-17-18-19-20-21-22-23(3,4)6-2;/h13-14H,5-12,15-22H2,1-4H3;1H/q+1;/p-1. The Hall–Kier alpha value is 0.180. The predicted molar refractivity (Wildman–Crippen MR) is 107 cm³/mol. The second kappa shape index (κ2) is 19.5. The van der Waals surface area contributed by atoms with Crippen molar-refractivity contribution >= 4 is 0 Å². The largest absolute Gasteiger partial charge is 1.00 e. The molecule has 0 bridgehead atoms. The van der Waals surface area contributed by atoms with Gasteiger partial charge in [0.15, 0.2) is 0 Å². The number of quaternary nitrogens is 1. The minimum absolute atomic E-state index is 0. The first-order valence-corrected chi connectivity index (χ1v) is 10.6. The fourth-order valence-electron chi connectivity index (χ4n) is 2.95. The summed E-state index contributed by atoms with van der Waals surface area (Å²) in [4.78, 5) is 0. The van der Waals surface area contributed by atoms with E-state index >= 15 is 0 Å². The summed E-state index contributed by atoms with van der Waals surface area (Å²) >= 11 is 0. The molecule has 0 fully saturated rings. The van der Waals surface area contributed by atoms with Gasteiger partial charge in [0.1, 0.15) is 0 Å². The molecule has 2 heteroatoms. The minimum Gasteiger partial charge on any atom is -1.00 e. The molecule has 0 aromatic carbocycles. The molecular weight excluding hydrogens is 358 g/mol. The number of nitrogens with zero attached hydrogens (tertiary/aromatic N) is 1. The fraction of sp³-hybridized carbons (Fsp3) is 0.909. The van der Waals surface area contributed by atoms with Crippen LogP contribution in [0.4, 0.5) is 0 Å². The smallest absolute Gasteiger partial charge is 0.0782 e. The summed E-state index contributed by atoms with van der Waals surface area (Å²) in [7, 11) is 4.69. The molecule has 0 saturated heterocycles. The van der Waals surface area contributed by atoms with E-state index in [0.717, 1.165) is 0 Å². The summed E-state index contributed by atoms with van der Waals surface area (Å²) in [5.41, 5.74) is 0. The summed E-state index contributed by atoms with van der Waals surface area (Å²) < 4.78 is 1.18. The first-order valence-electron chi connectivity index (χ1n) is 10.6. The third-order valence-electron chi connectivity index (χ3n) is 5.13. The second-order valence-electron chi connectivity index (χ2n) is 7.91. The van der Waals surface area contributed by atoms with E-state index in [9.17, 15) is 0 Å². The highest BCUT2D eigenvalue weighted by Crippen LogP contribution is 2.10. The van der Waals surface area contributed by atoms with E-state index in [0.29, 0.717) is 0 Å². The van der Waals surface area contributed by atoms with Gasteiger partial charge in [-0.3, -0.25) is 0 Å². The van der Waals surface area contributed by atoms with E-state index in [4.69, 9.17) is 0 Å². The summed E-state index contributed by atoms with van der Waals surface area (Å²) in [6, 6.07) is 0. The molecule has 0 aromatic heterocycles. The lowest BCUT2D eigenvalue weighted by molar-refractivity contribution is -0.888. The molecule has 1 nitrogen and oxygen atoms in total. The van der Waals surface area contributed by atoms with Crippen LogP contribution in [0, 0.1) is 0 Å². The van der Waals surface area contributed by atoms with Crippen LogP contribution in [0.25, 0.3) is 0 Å². The van der Waals surface area contributed by atoms with E-state index in [2.05, 4.69) is 40.1 Å². The number of hydrogen-bond donors (Lipinski definition) is 0. The van der Waals surface area contributed by atoms with Crippen LogP contribution >= 0.6 is 0 Å². The van der Waals surface area contributed by atoms with Gasteiger partial charge >= 0.3 is 0 Å². The molecule has 0 radical (unpaired) electrons. The summed E-state index contributed by atoms with van der Waals surface area (Å²) in [5, 5.41) is 0. The lowest BCUT2D eigenvalue weighted by Crippen LogP contribution is -3.00. The zero-order valence-electron chi connectivity index (χ0n) is 17.3. The van der Waals surface area contributed by atoms with E-state index in [1.54, 1.807) is 0 Å². The van der Waals surface area contributed by atoms with Crippen LogP contribution in [-0.4, -0.2) is 31.7 Å². The van der Waals surface area contributed by atoms with Gasteiger partial charge in [0.25, 0.3) is 0 Å². The zero-order valence-corrected chi connectivity index (χ0v) is 18.9. The number of allylic oxidation sites excluding steroid dienone is 2. The molecule has 0 aliphatic carbocycles. The SMILES string of the molecule is CCCCCCCCC=CCCCCCCCC[N+](C)(C)CC.[Br-]. The molecule has 0 spiro atoms. The molecule has 0 rings (SSSR count). The highest BCUT2D eigenvalue weighted by molar-refractivity contribution is 4.81. The van der Waals surface area contributed by atoms with Gasteiger partial charge in [-0.05, 0) is 45.4 Å². The summed E-state index contributed by atoms with van der Waals surface area (Å²) in [6.07, 6.45) is 24.4. The van der Waals surface area contributed by atoms with Crippen molar-refractivity contribution in [2.24, 2.45) is 0 Å². The van der Waals surface area contributed by atoms with Crippen molar-refractivity contribution in [3.8, 4) is 0 Å². The lowest BCUT2D eigenvalue weighted by Gasteiger charge is -2.28. The van der Waals surface area contributed by atoms with Crippen molar-refractivity contribution < 1.29 is 21.5 Å². The van der Waals surface area contributed by atoms with E-state index in [-0.39, 0.29) is 17.0 Å². The van der Waals surface area contributed by atoms with E-state index in [1.165, 1.54) is 107 Å². The van der Waals surface area contributed by atoms with Crippen molar-refractivity contribution in [2.45, 2.75) is 104 Å². The van der Waals surface area contributed by atoms with Gasteiger partial charge in [0.2, 0.25) is 0 Å². The number of hydrogen-bond acceptors (Lipinski definition) is 0. The highest BCUT2D eigenvalue weighted by Gasteiger charge is 2.09. The van der Waals surface area contributed by atoms with Gasteiger partial charge in [0, 0.05) is 0 Å². The first kappa shape index (κ1) is 26.4. The van der Waals surface area contributed by atoms with Gasteiger partial charge in [0.05, 0.1) is 27.2 Å². The third kappa shape index (κ3) is 20.2. The Morgan fingerprint density at radius 3 is 1.46 bits per heavy atom. The molecule has 146 valence electrons. The minimum atomic E-state index is 0. The lowest BCUT2D eigenvalue weighted by atomic mass is 10.1. The predicted octanol–water partition coefficient (Wildman–Crippen LogP) is 4.12. The second-order valence-corrected chi connectivity index (χ2v) is 7.91. The fourth-order valence-corrected chi connectivity index (χ4v) is 2.95. The van der Waals surface area contributed by atoms with Gasteiger partial charge < -0.3 is 21.5 Å². The zero-order chi connectivity index (χ0) is 17.2. The van der Waals surface area contributed by atoms with Gasteiger partial charge in [-0.1, -0.05) is 70.4 Å². The average Bonchev–Trinajstić information content (AvgIpc) is 2.54. The average molecular weight is 405 g/mol. The number of rotatable bonds is 17. The molecule has 0 saturated carbocycles. The van der Waals surface area contributed by atoms with Gasteiger partial charge in [-0.15, -0.1) is 0 Å². The van der Waals surface area contributed by atoms with Crippen LogP contribution in [0.5, 0.6) is 0 Å². The van der Waals surface area contributed by atoms with Gasteiger partial charge in [-0.2, -0.15) is 0 Å². The Balaban J connectivity index is 0. The maximum absolute atomic E-state index is 2.42. The van der Waals surface area contributed by atoms with Crippen LogP contribution in [-0.2, 0) is 0 Å². The molecule has 24 heavy (non-hydrogen) atoms. The molecule has 0 unspecified atom stereocenters. The Morgan fingerprint density at radius 1 is 0.583 bits per heavy atom. The molecule has 0 amide bonds. The van der Waals surface area contributed by atoms with Crippen molar-refractivity contribution in [1.82, 2.24) is 0 Å². The molecule has 0 aliphatic rings. The maximum atomic E-state index is 2.42. The molecule has 0 N–H and O–H groups in total. The Kier molecular flexibility index (Phi) is 21.5. The third-order valence-corrected chi connectivity index (χ3v) is 5.13. The monoisotopic (exact) mass is 403 g/mol. The first-order chi connectivity index (χ1) is 11.1. The Labute approximate surface area is 164 Å².